The van der Waals surface area contributed by atoms with Gasteiger partial charge in [0.05, 0.1) is 6.61 Å². The fraction of sp³-hybridized carbons (Fsp3) is 0.143. The standard InChI is InChI=1S/C14H14N4O2/c1-2-20-13(19)6-10-16-12-5-9-17-14(18-12)11-3-7-15-8-4-11/h3-10H,2H2,1H3,(H,16,17,18)/b10-6+. The smallest absolute Gasteiger partial charge is 0.332 e. The van der Waals surface area contributed by atoms with Crippen molar-refractivity contribution >= 4 is 11.8 Å². The van der Waals surface area contributed by atoms with Gasteiger partial charge >= 0.3 is 5.97 Å². The molecule has 0 spiro atoms. The molecule has 2 heterocycles. The molecule has 1 N–H and O–H groups in total. The molecule has 0 saturated carbocycles. The van der Waals surface area contributed by atoms with E-state index in [1.807, 2.05) is 12.1 Å². The molecule has 0 aliphatic carbocycles. The predicted molar refractivity (Wildman–Crippen MR) is 74.7 cm³/mol. The topological polar surface area (TPSA) is 77.0 Å². The van der Waals surface area contributed by atoms with Crippen LogP contribution in [0.4, 0.5) is 5.82 Å². The van der Waals surface area contributed by atoms with Crippen LogP contribution in [0, 0.1) is 0 Å². The van der Waals surface area contributed by atoms with Crippen LogP contribution in [-0.4, -0.2) is 27.5 Å². The molecule has 0 atom stereocenters. The van der Waals surface area contributed by atoms with Gasteiger partial charge in [0.25, 0.3) is 0 Å². The summed E-state index contributed by atoms with van der Waals surface area (Å²) in [6.07, 6.45) is 7.79. The molecule has 102 valence electrons. The van der Waals surface area contributed by atoms with E-state index < -0.39 is 5.97 Å². The van der Waals surface area contributed by atoms with Gasteiger partial charge in [-0.05, 0) is 25.1 Å². The third-order valence-corrected chi connectivity index (χ3v) is 2.33. The third-order valence-electron chi connectivity index (χ3n) is 2.33. The Morgan fingerprint density at radius 3 is 2.85 bits per heavy atom. The highest BCUT2D eigenvalue weighted by Gasteiger charge is 2.01. The van der Waals surface area contributed by atoms with Gasteiger partial charge in [-0.3, -0.25) is 4.98 Å². The molecule has 6 nitrogen and oxygen atoms in total. The molecule has 0 saturated heterocycles. The van der Waals surface area contributed by atoms with E-state index in [1.165, 1.54) is 12.3 Å². The van der Waals surface area contributed by atoms with E-state index in [0.717, 1.165) is 5.56 Å². The number of hydrogen-bond acceptors (Lipinski definition) is 6. The molecule has 6 heteroatoms. The first-order chi connectivity index (χ1) is 9.79. The Labute approximate surface area is 116 Å². The number of nitrogens with one attached hydrogen (secondary N) is 1. The number of pyridine rings is 1. The second-order valence-corrected chi connectivity index (χ2v) is 3.73. The number of aromatic nitrogens is 3. The normalized spacial score (nSPS) is 10.4. The summed E-state index contributed by atoms with van der Waals surface area (Å²) in [6, 6.07) is 5.36. The molecular weight excluding hydrogens is 256 g/mol. The zero-order chi connectivity index (χ0) is 14.2. The zero-order valence-electron chi connectivity index (χ0n) is 11.0. The van der Waals surface area contributed by atoms with E-state index in [4.69, 9.17) is 4.74 Å². The van der Waals surface area contributed by atoms with Crippen molar-refractivity contribution in [3.8, 4) is 11.4 Å². The predicted octanol–water partition coefficient (Wildman–Crippen LogP) is 2.03. The molecule has 0 aliphatic heterocycles. The maximum atomic E-state index is 11.1. The van der Waals surface area contributed by atoms with Gasteiger partial charge in [-0.15, -0.1) is 0 Å². The van der Waals surface area contributed by atoms with Gasteiger partial charge in [0.1, 0.15) is 5.82 Å². The van der Waals surface area contributed by atoms with Crippen molar-refractivity contribution in [1.82, 2.24) is 15.0 Å². The van der Waals surface area contributed by atoms with E-state index in [-0.39, 0.29) is 0 Å². The highest BCUT2D eigenvalue weighted by molar-refractivity contribution is 5.82. The molecule has 0 unspecified atom stereocenters. The monoisotopic (exact) mass is 270 g/mol. The molecule has 2 aromatic rings. The number of esters is 1. The molecule has 0 bridgehead atoms. The van der Waals surface area contributed by atoms with Crippen LogP contribution in [0.2, 0.25) is 0 Å². The fourth-order valence-corrected chi connectivity index (χ4v) is 1.46. The van der Waals surface area contributed by atoms with Crippen molar-refractivity contribution in [3.63, 3.8) is 0 Å². The maximum Gasteiger partial charge on any atom is 0.332 e. The summed E-state index contributed by atoms with van der Waals surface area (Å²) in [5.41, 5.74) is 0.873. The van der Waals surface area contributed by atoms with Gasteiger partial charge < -0.3 is 10.1 Å². The number of ether oxygens (including phenoxy) is 1. The summed E-state index contributed by atoms with van der Waals surface area (Å²) in [4.78, 5) is 23.6. The van der Waals surface area contributed by atoms with Crippen molar-refractivity contribution in [2.24, 2.45) is 0 Å². The third kappa shape index (κ3) is 3.88. The molecular formula is C14H14N4O2. The average molecular weight is 270 g/mol. The van der Waals surface area contributed by atoms with Gasteiger partial charge in [0.15, 0.2) is 5.82 Å². The van der Waals surface area contributed by atoms with Crippen molar-refractivity contribution in [3.05, 3.63) is 49.1 Å². The molecule has 20 heavy (non-hydrogen) atoms. The van der Waals surface area contributed by atoms with Crippen LogP contribution < -0.4 is 5.32 Å². The molecule has 0 radical (unpaired) electrons. The summed E-state index contributed by atoms with van der Waals surface area (Å²) < 4.78 is 4.77. The average Bonchev–Trinajstić information content (AvgIpc) is 2.49. The quantitative estimate of drug-likeness (QED) is 0.661. The number of nitrogens with zero attached hydrogens (tertiary/aromatic N) is 3. The van der Waals surface area contributed by atoms with Crippen molar-refractivity contribution < 1.29 is 9.53 Å². The van der Waals surface area contributed by atoms with Gasteiger partial charge in [0.2, 0.25) is 0 Å². The molecule has 2 rings (SSSR count). The van der Waals surface area contributed by atoms with Gasteiger partial charge in [-0.1, -0.05) is 0 Å². The summed E-state index contributed by atoms with van der Waals surface area (Å²) >= 11 is 0. The van der Waals surface area contributed by atoms with Crippen LogP contribution >= 0.6 is 0 Å². The lowest BCUT2D eigenvalue weighted by molar-refractivity contribution is -0.137. The highest BCUT2D eigenvalue weighted by atomic mass is 16.5. The first kappa shape index (κ1) is 13.7. The number of anilines is 1. The first-order valence-electron chi connectivity index (χ1n) is 6.13. The van der Waals surface area contributed by atoms with Crippen LogP contribution in [-0.2, 0) is 9.53 Å². The first-order valence-corrected chi connectivity index (χ1v) is 6.13. The number of carbonyl (C=O) groups is 1. The van der Waals surface area contributed by atoms with Crippen LogP contribution in [0.5, 0.6) is 0 Å². The lowest BCUT2D eigenvalue weighted by atomic mass is 10.2. The van der Waals surface area contributed by atoms with Crippen molar-refractivity contribution in [2.75, 3.05) is 11.9 Å². The van der Waals surface area contributed by atoms with Crippen LogP contribution in [0.25, 0.3) is 11.4 Å². The molecule has 0 aromatic carbocycles. The Morgan fingerprint density at radius 1 is 1.30 bits per heavy atom. The van der Waals surface area contributed by atoms with Crippen molar-refractivity contribution in [2.45, 2.75) is 6.92 Å². The van der Waals surface area contributed by atoms with E-state index in [0.29, 0.717) is 18.2 Å². The molecule has 0 amide bonds. The van der Waals surface area contributed by atoms with E-state index in [2.05, 4.69) is 20.3 Å². The second-order valence-electron chi connectivity index (χ2n) is 3.73. The maximum absolute atomic E-state index is 11.1. The summed E-state index contributed by atoms with van der Waals surface area (Å²) in [7, 11) is 0. The second kappa shape index (κ2) is 6.98. The van der Waals surface area contributed by atoms with Gasteiger partial charge in [-0.2, -0.15) is 0 Å². The van der Waals surface area contributed by atoms with Crippen LogP contribution in [0.3, 0.4) is 0 Å². The van der Waals surface area contributed by atoms with Crippen LogP contribution in [0.15, 0.2) is 49.1 Å². The van der Waals surface area contributed by atoms with Gasteiger partial charge in [-0.25, -0.2) is 14.8 Å². The largest absolute Gasteiger partial charge is 0.463 e. The minimum absolute atomic E-state index is 0.350. The minimum Gasteiger partial charge on any atom is -0.463 e. The lowest BCUT2D eigenvalue weighted by Gasteiger charge is -2.03. The summed E-state index contributed by atoms with van der Waals surface area (Å²) in [6.45, 7) is 2.10. The lowest BCUT2D eigenvalue weighted by Crippen LogP contribution is -2.01. The summed E-state index contributed by atoms with van der Waals surface area (Å²) in [5, 5.41) is 2.90. The van der Waals surface area contributed by atoms with E-state index >= 15 is 0 Å². The van der Waals surface area contributed by atoms with E-state index in [9.17, 15) is 4.79 Å². The Kier molecular flexibility index (Phi) is 4.77. The molecule has 0 fully saturated rings. The Balaban J connectivity index is 2.05. The molecule has 0 aliphatic rings. The minimum atomic E-state index is -0.400. The summed E-state index contributed by atoms with van der Waals surface area (Å²) in [5.74, 6) is 0.776. The number of rotatable bonds is 5. The van der Waals surface area contributed by atoms with Crippen LogP contribution in [0.1, 0.15) is 6.92 Å². The zero-order valence-corrected chi connectivity index (χ0v) is 11.0. The Bertz CT molecular complexity index is 599. The molecule has 2 aromatic heterocycles. The Morgan fingerprint density at radius 2 is 2.10 bits per heavy atom. The Hall–Kier alpha value is -2.76. The van der Waals surface area contributed by atoms with Gasteiger partial charge in [0, 0.05) is 36.4 Å². The number of carbonyl (C=O) groups excluding carboxylic acids is 1. The fourth-order valence-electron chi connectivity index (χ4n) is 1.46. The highest BCUT2D eigenvalue weighted by Crippen LogP contribution is 2.14. The number of hydrogen-bond donors (Lipinski definition) is 1. The van der Waals surface area contributed by atoms with E-state index in [1.54, 1.807) is 31.6 Å². The SMILES string of the molecule is CCOC(=O)/C=C/Nc1ccnc(-c2ccncc2)n1. The van der Waals surface area contributed by atoms with Crippen molar-refractivity contribution in [1.29, 1.82) is 0 Å².